The number of aromatic nitrogens is 3. The van der Waals surface area contributed by atoms with Crippen molar-refractivity contribution in [3.8, 4) is 11.8 Å². The first-order valence-corrected chi connectivity index (χ1v) is 10.5. The highest BCUT2D eigenvalue weighted by molar-refractivity contribution is 6.13. The van der Waals surface area contributed by atoms with E-state index in [1.807, 2.05) is 11.8 Å². The number of H-pyrrole nitrogens is 1. The number of rotatable bonds is 9. The lowest BCUT2D eigenvalue weighted by Crippen LogP contribution is -2.29. The van der Waals surface area contributed by atoms with Crippen LogP contribution in [0.15, 0.2) is 6.20 Å². The van der Waals surface area contributed by atoms with Crippen molar-refractivity contribution in [2.24, 2.45) is 0 Å². The van der Waals surface area contributed by atoms with E-state index in [0.29, 0.717) is 47.4 Å². The van der Waals surface area contributed by atoms with E-state index in [-0.39, 0.29) is 17.9 Å². The van der Waals surface area contributed by atoms with Crippen molar-refractivity contribution < 1.29 is 9.59 Å². The van der Waals surface area contributed by atoms with Crippen LogP contribution >= 0.6 is 0 Å². The van der Waals surface area contributed by atoms with Crippen LogP contribution in [0.4, 0.5) is 5.69 Å². The number of carbonyl (C=O) groups is 2. The SMILES string of the molecule is CC#CCCC1c2nc3[nH]ncc3c(NC(=O)CCCCC)c2C(=O)N1CCC. The molecule has 0 saturated heterocycles. The molecule has 0 radical (unpaired) electrons. The van der Waals surface area contributed by atoms with Crippen LogP contribution < -0.4 is 5.32 Å². The van der Waals surface area contributed by atoms with E-state index in [9.17, 15) is 9.59 Å². The second-order valence-electron chi connectivity index (χ2n) is 7.36. The van der Waals surface area contributed by atoms with Gasteiger partial charge < -0.3 is 10.2 Å². The van der Waals surface area contributed by atoms with Gasteiger partial charge in [0.15, 0.2) is 5.65 Å². The number of carbonyl (C=O) groups excluding carboxylic acids is 2. The minimum Gasteiger partial charge on any atom is -0.330 e. The molecule has 0 bridgehead atoms. The van der Waals surface area contributed by atoms with Crippen molar-refractivity contribution in [2.45, 2.75) is 71.8 Å². The highest BCUT2D eigenvalue weighted by atomic mass is 16.2. The van der Waals surface area contributed by atoms with Crippen LogP contribution in [0, 0.1) is 11.8 Å². The molecule has 1 aliphatic rings. The topological polar surface area (TPSA) is 91.0 Å². The van der Waals surface area contributed by atoms with Crippen LogP contribution in [0.2, 0.25) is 0 Å². The second kappa shape index (κ2) is 9.55. The van der Waals surface area contributed by atoms with E-state index in [0.717, 1.165) is 32.1 Å². The smallest absolute Gasteiger partial charge is 0.258 e. The number of amides is 2. The molecule has 2 amide bonds. The summed E-state index contributed by atoms with van der Waals surface area (Å²) in [7, 11) is 0. The summed E-state index contributed by atoms with van der Waals surface area (Å²) in [6, 6.07) is -0.137. The molecule has 0 spiro atoms. The van der Waals surface area contributed by atoms with Crippen molar-refractivity contribution >= 4 is 28.5 Å². The third-order valence-corrected chi connectivity index (χ3v) is 5.25. The Morgan fingerprint density at radius 3 is 2.86 bits per heavy atom. The summed E-state index contributed by atoms with van der Waals surface area (Å²) < 4.78 is 0. The quantitative estimate of drug-likeness (QED) is 0.492. The average molecular weight is 396 g/mol. The molecule has 1 aliphatic heterocycles. The first kappa shape index (κ1) is 20.8. The van der Waals surface area contributed by atoms with Gasteiger partial charge in [-0.2, -0.15) is 5.10 Å². The lowest BCUT2D eigenvalue weighted by molar-refractivity contribution is -0.116. The Morgan fingerprint density at radius 1 is 1.31 bits per heavy atom. The maximum atomic E-state index is 13.3. The fraction of sp³-hybridized carbons (Fsp3) is 0.545. The maximum absolute atomic E-state index is 13.3. The molecule has 1 unspecified atom stereocenters. The number of nitrogens with one attached hydrogen (secondary N) is 2. The molecule has 7 heteroatoms. The summed E-state index contributed by atoms with van der Waals surface area (Å²) in [6.45, 7) is 6.62. The Labute approximate surface area is 171 Å². The first-order valence-electron chi connectivity index (χ1n) is 10.5. The minimum atomic E-state index is -0.137. The number of hydrogen-bond donors (Lipinski definition) is 2. The predicted molar refractivity (Wildman–Crippen MR) is 113 cm³/mol. The number of anilines is 1. The van der Waals surface area contributed by atoms with E-state index in [2.05, 4.69) is 41.2 Å². The fourth-order valence-corrected chi connectivity index (χ4v) is 3.87. The van der Waals surface area contributed by atoms with Gasteiger partial charge in [0.2, 0.25) is 5.91 Å². The largest absolute Gasteiger partial charge is 0.330 e. The zero-order chi connectivity index (χ0) is 20.8. The highest BCUT2D eigenvalue weighted by Gasteiger charge is 2.40. The van der Waals surface area contributed by atoms with Gasteiger partial charge in [0, 0.05) is 19.4 Å². The molecule has 2 aromatic rings. The van der Waals surface area contributed by atoms with Crippen LogP contribution in [-0.4, -0.2) is 38.4 Å². The zero-order valence-electron chi connectivity index (χ0n) is 17.5. The summed E-state index contributed by atoms with van der Waals surface area (Å²) in [6.07, 6.45) is 7.21. The number of hydrogen-bond acceptors (Lipinski definition) is 4. The summed E-state index contributed by atoms with van der Waals surface area (Å²) >= 11 is 0. The Kier molecular flexibility index (Phi) is 6.86. The van der Waals surface area contributed by atoms with Crippen LogP contribution in [-0.2, 0) is 4.79 Å². The van der Waals surface area contributed by atoms with Gasteiger partial charge in [0.25, 0.3) is 5.91 Å². The minimum absolute atomic E-state index is 0.0734. The van der Waals surface area contributed by atoms with Crippen molar-refractivity contribution in [3.63, 3.8) is 0 Å². The fourth-order valence-electron chi connectivity index (χ4n) is 3.87. The van der Waals surface area contributed by atoms with Gasteiger partial charge in [-0.15, -0.1) is 11.8 Å². The molecular weight excluding hydrogens is 366 g/mol. The normalized spacial score (nSPS) is 15.3. The number of pyridine rings is 1. The Bertz CT molecular complexity index is 953. The van der Waals surface area contributed by atoms with Gasteiger partial charge in [-0.1, -0.05) is 26.7 Å². The van der Waals surface area contributed by atoms with Crippen LogP contribution in [0.25, 0.3) is 11.0 Å². The Balaban J connectivity index is 2.01. The average Bonchev–Trinajstić information content (AvgIpc) is 3.27. The summed E-state index contributed by atoms with van der Waals surface area (Å²) in [4.78, 5) is 32.5. The van der Waals surface area contributed by atoms with Gasteiger partial charge in [-0.25, -0.2) is 4.98 Å². The van der Waals surface area contributed by atoms with Crippen molar-refractivity contribution in [2.75, 3.05) is 11.9 Å². The summed E-state index contributed by atoms with van der Waals surface area (Å²) in [5.41, 5.74) is 2.34. The Hall–Kier alpha value is -2.88. The standard InChI is InChI=1S/C22H29N5O2/c1-4-7-9-11-16-20-18(22(29)27(16)13-6-3)19(15-14-23-26-21(15)25-20)24-17(28)12-10-8-5-2/h14,16H,5-6,8-13H2,1-3H3,(H2,23,24,25,26,28). The molecule has 0 fully saturated rings. The molecule has 0 aliphatic carbocycles. The van der Waals surface area contributed by atoms with Crippen molar-refractivity contribution in [1.82, 2.24) is 20.1 Å². The van der Waals surface area contributed by atoms with Crippen LogP contribution in [0.3, 0.4) is 0 Å². The van der Waals surface area contributed by atoms with E-state index in [1.54, 1.807) is 6.20 Å². The molecule has 2 aromatic heterocycles. The molecule has 1 atom stereocenters. The van der Waals surface area contributed by atoms with Gasteiger partial charge in [-0.05, 0) is 26.2 Å². The van der Waals surface area contributed by atoms with Gasteiger partial charge >= 0.3 is 0 Å². The molecule has 7 nitrogen and oxygen atoms in total. The van der Waals surface area contributed by atoms with E-state index in [1.165, 1.54) is 0 Å². The van der Waals surface area contributed by atoms with Gasteiger partial charge in [-0.3, -0.25) is 14.7 Å². The van der Waals surface area contributed by atoms with E-state index in [4.69, 9.17) is 4.98 Å². The van der Waals surface area contributed by atoms with Crippen molar-refractivity contribution in [3.05, 3.63) is 17.5 Å². The van der Waals surface area contributed by atoms with Gasteiger partial charge in [0.05, 0.1) is 34.6 Å². The van der Waals surface area contributed by atoms with Gasteiger partial charge in [0.1, 0.15) is 0 Å². The van der Waals surface area contributed by atoms with Crippen LogP contribution in [0.1, 0.15) is 87.8 Å². The van der Waals surface area contributed by atoms with Crippen molar-refractivity contribution in [1.29, 1.82) is 0 Å². The third kappa shape index (κ3) is 4.26. The lowest BCUT2D eigenvalue weighted by atomic mass is 10.0. The summed E-state index contributed by atoms with van der Waals surface area (Å²) in [5.74, 6) is 5.85. The molecule has 154 valence electrons. The number of nitrogens with zero attached hydrogens (tertiary/aromatic N) is 3. The molecular formula is C22H29N5O2. The van der Waals surface area contributed by atoms with Crippen LogP contribution in [0.5, 0.6) is 0 Å². The number of aromatic amines is 1. The van der Waals surface area contributed by atoms with E-state index < -0.39 is 0 Å². The Morgan fingerprint density at radius 2 is 2.14 bits per heavy atom. The van der Waals surface area contributed by atoms with E-state index >= 15 is 0 Å². The first-order chi connectivity index (χ1) is 14.1. The third-order valence-electron chi connectivity index (χ3n) is 5.25. The molecule has 3 rings (SSSR count). The molecule has 3 heterocycles. The molecule has 0 aromatic carbocycles. The predicted octanol–water partition coefficient (Wildman–Crippen LogP) is 4.19. The monoisotopic (exact) mass is 395 g/mol. The molecule has 0 saturated carbocycles. The highest BCUT2D eigenvalue weighted by Crippen LogP contribution is 2.41. The number of fused-ring (bicyclic) bond motifs is 2. The molecule has 29 heavy (non-hydrogen) atoms. The zero-order valence-corrected chi connectivity index (χ0v) is 17.5. The molecule has 2 N–H and O–H groups in total. The summed E-state index contributed by atoms with van der Waals surface area (Å²) in [5, 5.41) is 10.6. The second-order valence-corrected chi connectivity index (χ2v) is 7.36. The number of unbranched alkanes of at least 4 members (excludes halogenated alkanes) is 2. The lowest BCUT2D eigenvalue weighted by Gasteiger charge is -2.23. The maximum Gasteiger partial charge on any atom is 0.258 e.